The summed E-state index contributed by atoms with van der Waals surface area (Å²) < 4.78 is 0. The third-order valence-electron chi connectivity index (χ3n) is 2.97. The third-order valence-corrected chi connectivity index (χ3v) is 3.32. The maximum atomic E-state index is 6.08. The molecule has 0 amide bonds. The number of aliphatic imine (C=N–C) groups is 1. The van der Waals surface area contributed by atoms with Crippen LogP contribution in [-0.2, 0) is 6.42 Å². The molecule has 0 saturated heterocycles. The summed E-state index contributed by atoms with van der Waals surface area (Å²) in [5.41, 5.74) is 2.65. The van der Waals surface area contributed by atoms with Crippen LogP contribution in [0.2, 0.25) is 5.02 Å². The van der Waals surface area contributed by atoms with Crippen LogP contribution in [0.4, 0.5) is 0 Å². The zero-order chi connectivity index (χ0) is 9.54. The van der Waals surface area contributed by atoms with Gasteiger partial charge in [0, 0.05) is 17.5 Å². The number of fused-ring (bicyclic) bond motifs is 1. The number of nitrogens with zero attached hydrogens (tertiary/aromatic N) is 1. The highest BCUT2D eigenvalue weighted by atomic mass is 35.5. The van der Waals surface area contributed by atoms with Crippen molar-refractivity contribution in [3.63, 3.8) is 0 Å². The summed E-state index contributed by atoms with van der Waals surface area (Å²) in [6.45, 7) is 1.91. The van der Waals surface area contributed by atoms with Crippen molar-refractivity contribution in [2.45, 2.75) is 12.3 Å². The van der Waals surface area contributed by atoms with Crippen molar-refractivity contribution in [1.29, 1.82) is 0 Å². The number of benzene rings is 1. The van der Waals surface area contributed by atoms with Crippen molar-refractivity contribution < 1.29 is 0 Å². The molecule has 1 N–H and O–H groups in total. The van der Waals surface area contributed by atoms with Crippen molar-refractivity contribution in [3.8, 4) is 0 Å². The Hall–Kier alpha value is -1.02. The molecule has 1 aromatic rings. The zero-order valence-corrected chi connectivity index (χ0v) is 8.51. The minimum absolute atomic E-state index is 0.478. The molecule has 2 nitrogen and oxygen atoms in total. The van der Waals surface area contributed by atoms with Gasteiger partial charge >= 0.3 is 0 Å². The highest BCUT2D eigenvalue weighted by Gasteiger charge is 2.32. The Morgan fingerprint density at radius 3 is 3.14 bits per heavy atom. The number of amidine groups is 1. The second-order valence-corrected chi connectivity index (χ2v) is 4.17. The summed E-state index contributed by atoms with van der Waals surface area (Å²) in [5, 5.41) is 4.23. The molecule has 0 radical (unpaired) electrons. The third kappa shape index (κ3) is 1.07. The molecule has 3 heteroatoms. The van der Waals surface area contributed by atoms with Crippen LogP contribution in [0.15, 0.2) is 23.2 Å². The first-order valence-corrected chi connectivity index (χ1v) is 5.29. The Morgan fingerprint density at radius 1 is 1.43 bits per heavy atom. The minimum atomic E-state index is 0.478. The lowest BCUT2D eigenvalue weighted by Gasteiger charge is -2.31. The Balaban J connectivity index is 1.95. The molecule has 0 spiro atoms. The van der Waals surface area contributed by atoms with Crippen molar-refractivity contribution >= 4 is 17.4 Å². The summed E-state index contributed by atoms with van der Waals surface area (Å²) in [6.07, 6.45) is 1.04. The average Bonchev–Trinajstić information content (AvgIpc) is 2.62. The quantitative estimate of drug-likeness (QED) is 0.747. The van der Waals surface area contributed by atoms with E-state index >= 15 is 0 Å². The van der Waals surface area contributed by atoms with E-state index in [0.29, 0.717) is 5.92 Å². The van der Waals surface area contributed by atoms with Crippen LogP contribution in [0.1, 0.15) is 17.0 Å². The normalized spacial score (nSPS) is 23.5. The molecule has 0 fully saturated rings. The Labute approximate surface area is 88.0 Å². The van der Waals surface area contributed by atoms with Gasteiger partial charge in [0.25, 0.3) is 0 Å². The predicted octanol–water partition coefficient (Wildman–Crippen LogP) is 1.98. The number of rotatable bonds is 1. The molecule has 1 unspecified atom stereocenters. The highest BCUT2D eigenvalue weighted by Crippen LogP contribution is 2.40. The molecular formula is C11H11ClN2. The molecule has 14 heavy (non-hydrogen) atoms. The molecule has 1 aliphatic heterocycles. The van der Waals surface area contributed by atoms with E-state index in [4.69, 9.17) is 11.6 Å². The molecule has 2 aliphatic rings. The molecule has 0 bridgehead atoms. The van der Waals surface area contributed by atoms with Crippen LogP contribution in [0.25, 0.3) is 0 Å². The number of nitrogens with one attached hydrogen (secondary N) is 1. The first-order valence-electron chi connectivity index (χ1n) is 4.92. The molecule has 1 heterocycles. The lowest BCUT2D eigenvalue weighted by Crippen LogP contribution is -2.33. The van der Waals surface area contributed by atoms with Gasteiger partial charge in [0.2, 0.25) is 0 Å². The van der Waals surface area contributed by atoms with Gasteiger partial charge in [0.05, 0.1) is 6.54 Å². The fourth-order valence-electron chi connectivity index (χ4n) is 2.19. The Kier molecular flexibility index (Phi) is 1.77. The number of hydrogen-bond acceptors (Lipinski definition) is 2. The summed E-state index contributed by atoms with van der Waals surface area (Å²) in [7, 11) is 0. The van der Waals surface area contributed by atoms with E-state index in [1.807, 2.05) is 12.1 Å². The van der Waals surface area contributed by atoms with E-state index in [9.17, 15) is 0 Å². The van der Waals surface area contributed by atoms with Gasteiger partial charge in [-0.1, -0.05) is 23.7 Å². The van der Waals surface area contributed by atoms with Crippen molar-refractivity contribution in [2.75, 3.05) is 13.1 Å². The van der Waals surface area contributed by atoms with Crippen LogP contribution in [0.5, 0.6) is 0 Å². The van der Waals surface area contributed by atoms with Crippen LogP contribution in [0.3, 0.4) is 0 Å². The van der Waals surface area contributed by atoms with Gasteiger partial charge in [-0.2, -0.15) is 0 Å². The largest absolute Gasteiger partial charge is 0.371 e. The topological polar surface area (TPSA) is 24.4 Å². The average molecular weight is 207 g/mol. The van der Waals surface area contributed by atoms with E-state index in [1.165, 1.54) is 11.1 Å². The zero-order valence-electron chi connectivity index (χ0n) is 7.76. The number of halogens is 1. The molecule has 3 rings (SSSR count). The van der Waals surface area contributed by atoms with Gasteiger partial charge in [-0.15, -0.1) is 0 Å². The minimum Gasteiger partial charge on any atom is -0.371 e. The molecule has 1 atom stereocenters. The highest BCUT2D eigenvalue weighted by molar-refractivity contribution is 6.31. The molecule has 0 aromatic heterocycles. The maximum Gasteiger partial charge on any atom is 0.104 e. The van der Waals surface area contributed by atoms with Crippen LogP contribution < -0.4 is 5.32 Å². The van der Waals surface area contributed by atoms with E-state index in [0.717, 1.165) is 30.4 Å². The summed E-state index contributed by atoms with van der Waals surface area (Å²) >= 11 is 6.08. The van der Waals surface area contributed by atoms with Gasteiger partial charge in [-0.3, -0.25) is 4.99 Å². The number of hydrogen-bond donors (Lipinski definition) is 1. The lowest BCUT2D eigenvalue weighted by atomic mass is 9.77. The fraction of sp³-hybridized carbons (Fsp3) is 0.364. The molecular weight excluding hydrogens is 196 g/mol. The maximum absolute atomic E-state index is 6.08. The van der Waals surface area contributed by atoms with Crippen molar-refractivity contribution in [2.24, 2.45) is 4.99 Å². The fourth-order valence-corrected chi connectivity index (χ4v) is 2.45. The van der Waals surface area contributed by atoms with E-state index in [2.05, 4.69) is 16.4 Å². The SMILES string of the molecule is Clc1cccc2c1CC2C1=NCCN1. The monoisotopic (exact) mass is 206 g/mol. The van der Waals surface area contributed by atoms with Gasteiger partial charge in [-0.25, -0.2) is 0 Å². The molecule has 1 aliphatic carbocycles. The van der Waals surface area contributed by atoms with Gasteiger partial charge < -0.3 is 5.32 Å². The van der Waals surface area contributed by atoms with Gasteiger partial charge in [0.15, 0.2) is 0 Å². The van der Waals surface area contributed by atoms with Crippen LogP contribution in [-0.4, -0.2) is 18.9 Å². The second kappa shape index (κ2) is 2.99. The van der Waals surface area contributed by atoms with Crippen molar-refractivity contribution in [3.05, 3.63) is 34.3 Å². The summed E-state index contributed by atoms with van der Waals surface area (Å²) in [4.78, 5) is 4.45. The molecule has 72 valence electrons. The van der Waals surface area contributed by atoms with Gasteiger partial charge in [0.1, 0.15) is 5.84 Å². The van der Waals surface area contributed by atoms with Crippen molar-refractivity contribution in [1.82, 2.24) is 5.32 Å². The van der Waals surface area contributed by atoms with Crippen LogP contribution in [0, 0.1) is 0 Å². The smallest absolute Gasteiger partial charge is 0.104 e. The first kappa shape index (κ1) is 8.30. The predicted molar refractivity (Wildman–Crippen MR) is 58.2 cm³/mol. The Bertz CT molecular complexity index is 412. The first-order chi connectivity index (χ1) is 6.86. The summed E-state index contributed by atoms with van der Waals surface area (Å²) in [6, 6.07) is 6.13. The molecule has 1 aromatic carbocycles. The van der Waals surface area contributed by atoms with E-state index in [-0.39, 0.29) is 0 Å². The standard InChI is InChI=1S/C11H11ClN2/c12-10-3-1-2-7-8(10)6-9(7)11-13-4-5-14-11/h1-3,9H,4-6H2,(H,13,14). The van der Waals surface area contributed by atoms with Gasteiger partial charge in [-0.05, 0) is 23.6 Å². The van der Waals surface area contributed by atoms with Crippen LogP contribution >= 0.6 is 11.6 Å². The van der Waals surface area contributed by atoms with E-state index < -0.39 is 0 Å². The Morgan fingerprint density at radius 2 is 2.36 bits per heavy atom. The summed E-state index contributed by atoms with van der Waals surface area (Å²) in [5.74, 6) is 1.63. The molecule has 0 saturated carbocycles. The lowest BCUT2D eigenvalue weighted by molar-refractivity contribution is 0.748. The second-order valence-electron chi connectivity index (χ2n) is 3.76. The van der Waals surface area contributed by atoms with E-state index in [1.54, 1.807) is 0 Å².